The van der Waals surface area contributed by atoms with Gasteiger partial charge < -0.3 is 10.6 Å². The Labute approximate surface area is 121 Å². The van der Waals surface area contributed by atoms with Crippen LogP contribution in [0.2, 0.25) is 0 Å². The highest BCUT2D eigenvalue weighted by Crippen LogP contribution is 2.43. The van der Waals surface area contributed by atoms with E-state index in [-0.39, 0.29) is 5.41 Å². The predicted octanol–water partition coefficient (Wildman–Crippen LogP) is 2.35. The van der Waals surface area contributed by atoms with E-state index in [2.05, 4.69) is 29.2 Å². The topological polar surface area (TPSA) is 46.3 Å². The molecule has 2 aliphatic rings. The highest BCUT2D eigenvalue weighted by Gasteiger charge is 2.47. The van der Waals surface area contributed by atoms with Crippen LogP contribution in [0.5, 0.6) is 0 Å². The Bertz CT molecular complexity index is 462. The molecule has 0 radical (unpaired) electrons. The summed E-state index contributed by atoms with van der Waals surface area (Å²) in [5.41, 5.74) is 6.99. The summed E-state index contributed by atoms with van der Waals surface area (Å²) in [6.07, 6.45) is 6.35. The van der Waals surface area contributed by atoms with Crippen LogP contribution in [-0.4, -0.2) is 29.9 Å². The lowest BCUT2D eigenvalue weighted by Crippen LogP contribution is -2.53. The molecule has 1 saturated carbocycles. The van der Waals surface area contributed by atoms with Gasteiger partial charge in [0.05, 0.1) is 5.41 Å². The molecular weight excluding hydrogens is 248 g/mol. The first kappa shape index (κ1) is 13.6. The molecule has 3 rings (SSSR count). The predicted molar refractivity (Wildman–Crippen MR) is 80.2 cm³/mol. The quantitative estimate of drug-likeness (QED) is 0.914. The second-order valence-corrected chi connectivity index (χ2v) is 6.32. The number of nitrogens with two attached hydrogens (primary N) is 1. The van der Waals surface area contributed by atoms with E-state index in [4.69, 9.17) is 5.73 Å². The maximum absolute atomic E-state index is 12.8. The van der Waals surface area contributed by atoms with Crippen LogP contribution in [0.1, 0.15) is 37.7 Å². The van der Waals surface area contributed by atoms with Gasteiger partial charge in [0.25, 0.3) is 0 Å². The molecule has 1 atom stereocenters. The molecule has 1 unspecified atom stereocenters. The van der Waals surface area contributed by atoms with Gasteiger partial charge in [0.15, 0.2) is 0 Å². The first-order valence-electron chi connectivity index (χ1n) is 7.80. The van der Waals surface area contributed by atoms with Crippen LogP contribution in [0, 0.1) is 5.41 Å². The van der Waals surface area contributed by atoms with E-state index in [9.17, 15) is 4.79 Å². The second-order valence-electron chi connectivity index (χ2n) is 6.32. The summed E-state index contributed by atoms with van der Waals surface area (Å²) in [5, 5.41) is 0. The van der Waals surface area contributed by atoms with Crippen molar-refractivity contribution in [1.29, 1.82) is 0 Å². The van der Waals surface area contributed by atoms with Gasteiger partial charge in [-0.25, -0.2) is 0 Å². The van der Waals surface area contributed by atoms with Gasteiger partial charge in [-0.15, -0.1) is 0 Å². The van der Waals surface area contributed by atoms with Gasteiger partial charge in [-0.05, 0) is 37.7 Å². The van der Waals surface area contributed by atoms with Crippen molar-refractivity contribution in [2.75, 3.05) is 13.1 Å². The lowest BCUT2D eigenvalue weighted by atomic mass is 9.67. The maximum atomic E-state index is 12.8. The molecule has 0 spiro atoms. The van der Waals surface area contributed by atoms with E-state index in [0.29, 0.717) is 18.5 Å². The molecule has 20 heavy (non-hydrogen) atoms. The van der Waals surface area contributed by atoms with E-state index in [1.807, 2.05) is 6.07 Å². The molecule has 3 heteroatoms. The molecule has 2 N–H and O–H groups in total. The number of likely N-dealkylation sites (tertiary alicyclic amines) is 1. The standard InChI is InChI=1S/C17H24N2O/c18-13-17(9-5-10-17)16(20)19-11-4-8-15(19)12-14-6-2-1-3-7-14/h1-3,6-7,15H,4-5,8-13,18H2. The molecule has 3 nitrogen and oxygen atoms in total. The smallest absolute Gasteiger partial charge is 0.230 e. The maximum Gasteiger partial charge on any atom is 0.230 e. The third kappa shape index (κ3) is 2.35. The van der Waals surface area contributed by atoms with Crippen molar-refractivity contribution in [1.82, 2.24) is 4.90 Å². The van der Waals surface area contributed by atoms with Crippen molar-refractivity contribution in [3.63, 3.8) is 0 Å². The molecule has 0 aromatic heterocycles. The first-order chi connectivity index (χ1) is 9.75. The van der Waals surface area contributed by atoms with E-state index in [0.717, 1.165) is 45.1 Å². The Hall–Kier alpha value is -1.35. The van der Waals surface area contributed by atoms with Crippen molar-refractivity contribution in [3.8, 4) is 0 Å². The number of hydrogen-bond acceptors (Lipinski definition) is 2. The third-order valence-electron chi connectivity index (χ3n) is 5.11. The highest BCUT2D eigenvalue weighted by atomic mass is 16.2. The largest absolute Gasteiger partial charge is 0.339 e. The zero-order valence-electron chi connectivity index (χ0n) is 12.1. The lowest BCUT2D eigenvalue weighted by Gasteiger charge is -2.43. The average molecular weight is 272 g/mol. The summed E-state index contributed by atoms with van der Waals surface area (Å²) in [7, 11) is 0. The number of benzene rings is 1. The molecular formula is C17H24N2O. The number of hydrogen-bond donors (Lipinski definition) is 1. The molecule has 2 fully saturated rings. The Kier molecular flexibility index (Phi) is 3.79. The monoisotopic (exact) mass is 272 g/mol. The van der Waals surface area contributed by atoms with Gasteiger partial charge in [0.2, 0.25) is 5.91 Å². The van der Waals surface area contributed by atoms with E-state index >= 15 is 0 Å². The molecule has 1 aliphatic carbocycles. The summed E-state index contributed by atoms with van der Waals surface area (Å²) >= 11 is 0. The van der Waals surface area contributed by atoms with Crippen LogP contribution in [-0.2, 0) is 11.2 Å². The minimum Gasteiger partial charge on any atom is -0.339 e. The Balaban J connectivity index is 1.71. The van der Waals surface area contributed by atoms with Gasteiger partial charge in [-0.3, -0.25) is 4.79 Å². The zero-order valence-corrected chi connectivity index (χ0v) is 12.1. The second kappa shape index (κ2) is 5.57. The van der Waals surface area contributed by atoms with Crippen molar-refractivity contribution in [2.45, 2.75) is 44.6 Å². The molecule has 108 valence electrons. The van der Waals surface area contributed by atoms with Gasteiger partial charge in [-0.2, -0.15) is 0 Å². The van der Waals surface area contributed by atoms with E-state index in [1.54, 1.807) is 0 Å². The summed E-state index contributed by atoms with van der Waals surface area (Å²) in [6.45, 7) is 1.43. The summed E-state index contributed by atoms with van der Waals surface area (Å²) in [6, 6.07) is 10.9. The van der Waals surface area contributed by atoms with Crippen molar-refractivity contribution >= 4 is 5.91 Å². The van der Waals surface area contributed by atoms with Crippen molar-refractivity contribution in [3.05, 3.63) is 35.9 Å². The van der Waals surface area contributed by atoms with E-state index < -0.39 is 0 Å². The number of carbonyl (C=O) groups is 1. The van der Waals surface area contributed by atoms with E-state index in [1.165, 1.54) is 5.56 Å². The number of nitrogens with zero attached hydrogens (tertiary/aromatic N) is 1. The summed E-state index contributed by atoms with van der Waals surface area (Å²) in [5.74, 6) is 0.324. The normalized spacial score (nSPS) is 24.4. The summed E-state index contributed by atoms with van der Waals surface area (Å²) < 4.78 is 0. The molecule has 1 saturated heterocycles. The van der Waals surface area contributed by atoms with Crippen LogP contribution < -0.4 is 5.73 Å². The van der Waals surface area contributed by atoms with Crippen LogP contribution in [0.3, 0.4) is 0 Å². The Morgan fingerprint density at radius 1 is 1.25 bits per heavy atom. The minimum atomic E-state index is -0.223. The number of carbonyl (C=O) groups excluding carboxylic acids is 1. The number of amides is 1. The Morgan fingerprint density at radius 2 is 2.00 bits per heavy atom. The van der Waals surface area contributed by atoms with Crippen LogP contribution in [0.15, 0.2) is 30.3 Å². The van der Waals surface area contributed by atoms with Gasteiger partial charge in [0, 0.05) is 19.1 Å². The fraction of sp³-hybridized carbons (Fsp3) is 0.588. The van der Waals surface area contributed by atoms with Gasteiger partial charge >= 0.3 is 0 Å². The van der Waals surface area contributed by atoms with Crippen LogP contribution >= 0.6 is 0 Å². The van der Waals surface area contributed by atoms with Crippen molar-refractivity contribution in [2.24, 2.45) is 11.1 Å². The molecule has 1 amide bonds. The van der Waals surface area contributed by atoms with Gasteiger partial charge in [-0.1, -0.05) is 36.8 Å². The highest BCUT2D eigenvalue weighted by molar-refractivity contribution is 5.84. The lowest BCUT2D eigenvalue weighted by molar-refractivity contribution is -0.147. The zero-order chi connectivity index (χ0) is 14.0. The van der Waals surface area contributed by atoms with Crippen molar-refractivity contribution < 1.29 is 4.79 Å². The minimum absolute atomic E-state index is 0.223. The fourth-order valence-electron chi connectivity index (χ4n) is 3.61. The third-order valence-corrected chi connectivity index (χ3v) is 5.11. The molecule has 1 aliphatic heterocycles. The van der Waals surface area contributed by atoms with Gasteiger partial charge in [0.1, 0.15) is 0 Å². The summed E-state index contributed by atoms with van der Waals surface area (Å²) in [4.78, 5) is 15.0. The average Bonchev–Trinajstić information content (AvgIpc) is 2.87. The molecule has 1 aromatic rings. The Morgan fingerprint density at radius 3 is 2.60 bits per heavy atom. The first-order valence-corrected chi connectivity index (χ1v) is 7.80. The molecule has 1 aromatic carbocycles. The van der Waals surface area contributed by atoms with Crippen LogP contribution in [0.4, 0.5) is 0 Å². The molecule has 1 heterocycles. The number of rotatable bonds is 4. The van der Waals surface area contributed by atoms with Crippen LogP contribution in [0.25, 0.3) is 0 Å². The SMILES string of the molecule is NCC1(C(=O)N2CCCC2Cc2ccccc2)CCC1. The molecule has 0 bridgehead atoms. The fourth-order valence-corrected chi connectivity index (χ4v) is 3.61.